The molecule has 0 aromatic heterocycles. The predicted molar refractivity (Wildman–Crippen MR) is 57.1 cm³/mol. The zero-order chi connectivity index (χ0) is 7.82. The summed E-state index contributed by atoms with van der Waals surface area (Å²) in [6.45, 7) is 0. The van der Waals surface area contributed by atoms with Crippen molar-refractivity contribution < 1.29 is 0 Å². The first-order valence-corrected chi connectivity index (χ1v) is 7.80. The molecular formula is C6H7AlCl3Mg. The second-order valence-electron chi connectivity index (χ2n) is 1.32. The zero-order valence-corrected chi connectivity index (χ0v) is 8.52. The van der Waals surface area contributed by atoms with E-state index in [1.807, 2.05) is 30.3 Å². The van der Waals surface area contributed by atoms with Crippen molar-refractivity contribution in [3.05, 3.63) is 36.4 Å². The molecule has 11 heavy (non-hydrogen) atoms. The van der Waals surface area contributed by atoms with E-state index in [1.54, 1.807) is 0 Å². The fraction of sp³-hybridized carbons (Fsp3) is 0. The summed E-state index contributed by atoms with van der Waals surface area (Å²) in [7, 11) is 14.8. The lowest BCUT2D eigenvalue weighted by molar-refractivity contribution is 1.70. The summed E-state index contributed by atoms with van der Waals surface area (Å²) >= 11 is -1.72. The summed E-state index contributed by atoms with van der Waals surface area (Å²) in [4.78, 5) is 0. The van der Waals surface area contributed by atoms with E-state index in [0.29, 0.717) is 0 Å². The molecular weight excluding hydrogens is 230 g/mol. The van der Waals surface area contributed by atoms with Crippen LogP contribution in [-0.2, 0) is 0 Å². The Labute approximate surface area is 100.0 Å². The van der Waals surface area contributed by atoms with Gasteiger partial charge in [0.25, 0.3) is 0 Å². The molecule has 0 N–H and O–H groups in total. The summed E-state index contributed by atoms with van der Waals surface area (Å²) < 4.78 is 0. The molecule has 0 amide bonds. The third kappa shape index (κ3) is 18.4. The van der Waals surface area contributed by atoms with Crippen LogP contribution < -0.4 is 0 Å². The first-order valence-electron chi connectivity index (χ1n) is 2.57. The summed E-state index contributed by atoms with van der Waals surface area (Å²) in [5.74, 6) is 0. The molecule has 0 aliphatic carbocycles. The van der Waals surface area contributed by atoms with Gasteiger partial charge in [0.05, 0.1) is 0 Å². The van der Waals surface area contributed by atoms with Crippen molar-refractivity contribution >= 4 is 64.6 Å². The van der Waals surface area contributed by atoms with Crippen LogP contribution in [-0.4, -0.2) is 34.4 Å². The monoisotopic (exact) mass is 235 g/mol. The van der Waals surface area contributed by atoms with E-state index in [9.17, 15) is 0 Å². The molecule has 0 atom stereocenters. The number of benzene rings is 1. The standard InChI is InChI=1S/C6H5.Al.3ClH.Mg.2H/c1-2-4-6-5-3-1;;;;;;;/h1-5H;;3*1H;;;/q;+3;;;;;;/p-3. The highest BCUT2D eigenvalue weighted by atomic mass is 35.8. The average molecular weight is 237 g/mol. The lowest BCUT2D eigenvalue weighted by atomic mass is 10.4. The van der Waals surface area contributed by atoms with Gasteiger partial charge in [0.2, 0.25) is 0 Å². The number of hydrogen-bond donors (Lipinski definition) is 0. The zero-order valence-electron chi connectivity index (χ0n) is 5.10. The van der Waals surface area contributed by atoms with Gasteiger partial charge in [-0.1, -0.05) is 30.3 Å². The maximum Gasteiger partial charge on any atom is 0.643 e. The van der Waals surface area contributed by atoms with Crippen LogP contribution >= 0.6 is 30.1 Å². The van der Waals surface area contributed by atoms with Crippen molar-refractivity contribution in [2.75, 3.05) is 0 Å². The highest BCUT2D eigenvalue weighted by Crippen LogP contribution is 1.97. The Kier molecular flexibility index (Phi) is 15.4. The molecule has 1 aromatic rings. The van der Waals surface area contributed by atoms with Crippen LogP contribution in [0.4, 0.5) is 0 Å². The molecule has 0 saturated heterocycles. The van der Waals surface area contributed by atoms with Crippen LogP contribution in [0.25, 0.3) is 0 Å². The molecule has 0 fully saturated rings. The molecule has 0 bridgehead atoms. The van der Waals surface area contributed by atoms with Crippen molar-refractivity contribution in [3.8, 4) is 0 Å². The minimum absolute atomic E-state index is 0. The average Bonchev–Trinajstić information content (AvgIpc) is 1.90. The molecule has 5 heteroatoms. The number of hydrogen-bond acceptors (Lipinski definition) is 0. The van der Waals surface area contributed by atoms with Crippen LogP contribution in [0.15, 0.2) is 30.3 Å². The van der Waals surface area contributed by atoms with Gasteiger partial charge in [-0.3, -0.25) is 0 Å². The SMILES string of the molecule is [Cl][Al]([Cl])[Cl].[MgH2].[c]1ccccc1. The lowest BCUT2D eigenvalue weighted by Crippen LogP contribution is -1.66. The van der Waals surface area contributed by atoms with Gasteiger partial charge in [-0.2, -0.15) is 0 Å². The normalized spacial score (nSPS) is 6.82. The second-order valence-corrected chi connectivity index (χ2v) is 7.76. The highest BCUT2D eigenvalue weighted by molar-refractivity contribution is 7.54. The minimum Gasteiger partial charge on any atom is -0.214 e. The molecule has 0 spiro atoms. The molecule has 0 heterocycles. The van der Waals surface area contributed by atoms with Gasteiger partial charge in [-0.05, 0) is 6.07 Å². The summed E-state index contributed by atoms with van der Waals surface area (Å²) in [5.41, 5.74) is 0. The molecule has 0 aliphatic rings. The first-order chi connectivity index (χ1) is 4.73. The summed E-state index contributed by atoms with van der Waals surface area (Å²) in [6, 6.07) is 12.5. The molecule has 1 aromatic carbocycles. The van der Waals surface area contributed by atoms with Crippen molar-refractivity contribution in [2.24, 2.45) is 0 Å². The Balaban J connectivity index is 0. The van der Waals surface area contributed by atoms with E-state index >= 15 is 0 Å². The minimum atomic E-state index is -1.72. The van der Waals surface area contributed by atoms with Crippen LogP contribution in [0.5, 0.6) is 0 Å². The van der Waals surface area contributed by atoms with Gasteiger partial charge >= 0.3 is 34.4 Å². The van der Waals surface area contributed by atoms with Gasteiger partial charge in [0.1, 0.15) is 0 Å². The molecule has 1 radical (unpaired) electrons. The molecule has 0 nitrogen and oxygen atoms in total. The third-order valence-corrected chi connectivity index (χ3v) is 0.607. The van der Waals surface area contributed by atoms with Gasteiger partial charge in [0.15, 0.2) is 0 Å². The molecule has 0 saturated carbocycles. The van der Waals surface area contributed by atoms with E-state index in [1.165, 1.54) is 0 Å². The lowest BCUT2D eigenvalue weighted by Gasteiger charge is -1.68. The topological polar surface area (TPSA) is 0 Å². The van der Waals surface area contributed by atoms with Gasteiger partial charge < -0.3 is 0 Å². The van der Waals surface area contributed by atoms with Crippen molar-refractivity contribution in [2.45, 2.75) is 0 Å². The quantitative estimate of drug-likeness (QED) is 0.607. The fourth-order valence-corrected chi connectivity index (χ4v) is 0.342. The maximum atomic E-state index is 4.94. The van der Waals surface area contributed by atoms with E-state index in [2.05, 4.69) is 6.07 Å². The largest absolute Gasteiger partial charge is 0.643 e. The Hall–Kier alpha value is 1.39. The van der Waals surface area contributed by atoms with Crippen LogP contribution in [0.1, 0.15) is 0 Å². The predicted octanol–water partition coefficient (Wildman–Crippen LogP) is 2.26. The molecule has 0 unspecified atom stereocenters. The smallest absolute Gasteiger partial charge is 0.214 e. The van der Waals surface area contributed by atoms with E-state index in [0.717, 1.165) is 0 Å². The number of halogens is 3. The van der Waals surface area contributed by atoms with E-state index in [4.69, 9.17) is 30.1 Å². The van der Waals surface area contributed by atoms with Gasteiger partial charge in [-0.15, -0.1) is 0 Å². The fourth-order valence-electron chi connectivity index (χ4n) is 0.342. The van der Waals surface area contributed by atoms with Crippen LogP contribution in [0.2, 0.25) is 0 Å². The first kappa shape index (κ1) is 14.9. The Bertz CT molecular complexity index is 118. The van der Waals surface area contributed by atoms with E-state index in [-0.39, 0.29) is 23.1 Å². The van der Waals surface area contributed by atoms with E-state index < -0.39 is 11.4 Å². The molecule has 57 valence electrons. The van der Waals surface area contributed by atoms with Crippen molar-refractivity contribution in [1.82, 2.24) is 0 Å². The maximum absolute atomic E-state index is 4.94. The highest BCUT2D eigenvalue weighted by Gasteiger charge is 2.00. The van der Waals surface area contributed by atoms with Crippen LogP contribution in [0, 0.1) is 6.07 Å². The Morgan fingerprint density at radius 1 is 0.909 bits per heavy atom. The molecule has 1 rings (SSSR count). The molecule has 0 aliphatic heterocycles. The number of rotatable bonds is 0. The Morgan fingerprint density at radius 3 is 1.36 bits per heavy atom. The van der Waals surface area contributed by atoms with Crippen LogP contribution in [0.3, 0.4) is 0 Å². The summed E-state index contributed by atoms with van der Waals surface area (Å²) in [6.07, 6.45) is 0. The third-order valence-electron chi connectivity index (χ3n) is 0.607. The second kappa shape index (κ2) is 11.4. The summed E-state index contributed by atoms with van der Waals surface area (Å²) in [5, 5.41) is 0. The van der Waals surface area contributed by atoms with Crippen molar-refractivity contribution in [1.29, 1.82) is 0 Å². The van der Waals surface area contributed by atoms with Crippen molar-refractivity contribution in [3.63, 3.8) is 0 Å². The van der Waals surface area contributed by atoms with Gasteiger partial charge in [0, 0.05) is 0 Å². The Morgan fingerprint density at radius 2 is 1.27 bits per heavy atom. The van der Waals surface area contributed by atoms with Gasteiger partial charge in [-0.25, -0.2) is 30.1 Å².